The first-order chi connectivity index (χ1) is 10.0. The van der Waals surface area contributed by atoms with Crippen LogP contribution in [0.1, 0.15) is 44.6 Å². The van der Waals surface area contributed by atoms with Crippen molar-refractivity contribution in [3.05, 3.63) is 34.1 Å². The van der Waals surface area contributed by atoms with E-state index in [1.807, 2.05) is 18.2 Å². The Morgan fingerprint density at radius 3 is 2.76 bits per heavy atom. The van der Waals surface area contributed by atoms with Crippen LogP contribution in [0.4, 0.5) is 0 Å². The van der Waals surface area contributed by atoms with Gasteiger partial charge in [0.15, 0.2) is 0 Å². The maximum Gasteiger partial charge on any atom is 0.231 e. The zero-order valence-corrected chi connectivity index (χ0v) is 14.6. The van der Waals surface area contributed by atoms with Gasteiger partial charge in [0.1, 0.15) is 0 Å². The van der Waals surface area contributed by atoms with Crippen LogP contribution in [0.5, 0.6) is 0 Å². The molecule has 2 atom stereocenters. The SMILES string of the molecule is CCCNC(C)C(C)c1nc(-c2ccc(C)c(Br)c2)no1. The van der Waals surface area contributed by atoms with E-state index in [2.05, 4.69) is 59.1 Å². The quantitative estimate of drug-likeness (QED) is 0.842. The van der Waals surface area contributed by atoms with Crippen molar-refractivity contribution in [1.82, 2.24) is 15.5 Å². The lowest BCUT2D eigenvalue weighted by atomic mass is 10.0. The predicted octanol–water partition coefficient (Wildman–Crippen LogP) is 4.30. The van der Waals surface area contributed by atoms with E-state index in [1.54, 1.807) is 0 Å². The van der Waals surface area contributed by atoms with E-state index in [1.165, 1.54) is 5.56 Å². The van der Waals surface area contributed by atoms with Crippen LogP contribution in [0, 0.1) is 6.92 Å². The molecular formula is C16H22BrN3O. The van der Waals surface area contributed by atoms with E-state index in [0.29, 0.717) is 17.8 Å². The second kappa shape index (κ2) is 7.18. The largest absolute Gasteiger partial charge is 0.339 e. The number of halogens is 1. The van der Waals surface area contributed by atoms with Crippen LogP contribution in [0.15, 0.2) is 27.2 Å². The zero-order chi connectivity index (χ0) is 15.4. The molecule has 4 nitrogen and oxygen atoms in total. The first-order valence-corrected chi connectivity index (χ1v) is 8.15. The molecule has 1 aromatic carbocycles. The summed E-state index contributed by atoms with van der Waals surface area (Å²) >= 11 is 3.53. The van der Waals surface area contributed by atoms with Crippen molar-refractivity contribution >= 4 is 15.9 Å². The predicted molar refractivity (Wildman–Crippen MR) is 88.3 cm³/mol. The lowest BCUT2D eigenvalue weighted by Gasteiger charge is -2.17. The first-order valence-electron chi connectivity index (χ1n) is 7.36. The first kappa shape index (κ1) is 16.2. The summed E-state index contributed by atoms with van der Waals surface area (Å²) in [7, 11) is 0. The molecule has 0 saturated heterocycles. The average molecular weight is 352 g/mol. The standard InChI is InChI=1S/C16H22BrN3O/c1-5-8-18-12(4)11(3)16-19-15(20-21-16)13-7-6-10(2)14(17)9-13/h6-7,9,11-12,18H,5,8H2,1-4H3. The van der Waals surface area contributed by atoms with Crippen molar-refractivity contribution < 1.29 is 4.52 Å². The topological polar surface area (TPSA) is 51.0 Å². The van der Waals surface area contributed by atoms with Crippen molar-refractivity contribution in [2.45, 2.75) is 46.1 Å². The third-order valence-electron chi connectivity index (χ3n) is 3.73. The Morgan fingerprint density at radius 2 is 2.10 bits per heavy atom. The fraction of sp³-hybridized carbons (Fsp3) is 0.500. The van der Waals surface area contributed by atoms with Crippen LogP contribution in [-0.2, 0) is 0 Å². The number of rotatable bonds is 6. The normalized spacial score (nSPS) is 14.1. The van der Waals surface area contributed by atoms with E-state index < -0.39 is 0 Å². The Labute approximate surface area is 134 Å². The van der Waals surface area contributed by atoms with Crippen LogP contribution < -0.4 is 5.32 Å². The Morgan fingerprint density at radius 1 is 1.33 bits per heavy atom. The molecule has 0 spiro atoms. The maximum absolute atomic E-state index is 5.44. The summed E-state index contributed by atoms with van der Waals surface area (Å²) in [4.78, 5) is 4.54. The number of aromatic nitrogens is 2. The average Bonchev–Trinajstić information content (AvgIpc) is 2.96. The van der Waals surface area contributed by atoms with Gasteiger partial charge in [-0.15, -0.1) is 0 Å². The van der Waals surface area contributed by atoms with Crippen molar-refractivity contribution in [1.29, 1.82) is 0 Å². The second-order valence-corrected chi connectivity index (χ2v) is 6.31. The molecular weight excluding hydrogens is 330 g/mol. The van der Waals surface area contributed by atoms with Crippen molar-refractivity contribution in [2.75, 3.05) is 6.54 Å². The molecule has 0 amide bonds. The summed E-state index contributed by atoms with van der Waals surface area (Å²) in [6.45, 7) is 9.46. The summed E-state index contributed by atoms with van der Waals surface area (Å²) < 4.78 is 6.49. The number of hydrogen-bond acceptors (Lipinski definition) is 4. The molecule has 1 heterocycles. The van der Waals surface area contributed by atoms with E-state index in [0.717, 1.165) is 23.0 Å². The Balaban J connectivity index is 2.15. The highest BCUT2D eigenvalue weighted by molar-refractivity contribution is 9.10. The number of nitrogens with one attached hydrogen (secondary N) is 1. The van der Waals surface area contributed by atoms with Gasteiger partial charge in [0.2, 0.25) is 11.7 Å². The highest BCUT2D eigenvalue weighted by Crippen LogP contribution is 2.25. The molecule has 0 bridgehead atoms. The molecule has 5 heteroatoms. The Hall–Kier alpha value is -1.20. The van der Waals surface area contributed by atoms with E-state index >= 15 is 0 Å². The molecule has 21 heavy (non-hydrogen) atoms. The molecule has 0 aliphatic rings. The molecule has 114 valence electrons. The molecule has 1 aromatic heterocycles. The van der Waals surface area contributed by atoms with Gasteiger partial charge in [0.25, 0.3) is 0 Å². The van der Waals surface area contributed by atoms with Gasteiger partial charge in [-0.25, -0.2) is 0 Å². The summed E-state index contributed by atoms with van der Waals surface area (Å²) in [6, 6.07) is 6.39. The van der Waals surface area contributed by atoms with E-state index in [9.17, 15) is 0 Å². The van der Waals surface area contributed by atoms with E-state index in [-0.39, 0.29) is 5.92 Å². The summed E-state index contributed by atoms with van der Waals surface area (Å²) in [5, 5.41) is 7.57. The lowest BCUT2D eigenvalue weighted by molar-refractivity contribution is 0.331. The van der Waals surface area contributed by atoms with Crippen LogP contribution in [0.3, 0.4) is 0 Å². The third-order valence-corrected chi connectivity index (χ3v) is 4.58. The molecule has 1 N–H and O–H groups in total. The van der Waals surface area contributed by atoms with Gasteiger partial charge in [0.05, 0.1) is 5.92 Å². The minimum atomic E-state index is 0.187. The molecule has 2 unspecified atom stereocenters. The summed E-state index contributed by atoms with van der Waals surface area (Å²) in [5.41, 5.74) is 2.15. The van der Waals surface area contributed by atoms with Crippen LogP contribution in [0.2, 0.25) is 0 Å². The van der Waals surface area contributed by atoms with Gasteiger partial charge in [0, 0.05) is 16.1 Å². The minimum Gasteiger partial charge on any atom is -0.339 e. The van der Waals surface area contributed by atoms with Gasteiger partial charge >= 0.3 is 0 Å². The van der Waals surface area contributed by atoms with Crippen molar-refractivity contribution in [3.8, 4) is 11.4 Å². The monoisotopic (exact) mass is 351 g/mol. The summed E-state index contributed by atoms with van der Waals surface area (Å²) in [6.07, 6.45) is 1.11. The number of benzene rings is 1. The van der Waals surface area contributed by atoms with Crippen LogP contribution in [0.25, 0.3) is 11.4 Å². The lowest BCUT2D eigenvalue weighted by Crippen LogP contribution is -2.31. The smallest absolute Gasteiger partial charge is 0.231 e. The third kappa shape index (κ3) is 3.92. The maximum atomic E-state index is 5.44. The highest BCUT2D eigenvalue weighted by atomic mass is 79.9. The minimum absolute atomic E-state index is 0.187. The van der Waals surface area contributed by atoms with Crippen LogP contribution >= 0.6 is 15.9 Å². The van der Waals surface area contributed by atoms with E-state index in [4.69, 9.17) is 4.52 Å². The zero-order valence-electron chi connectivity index (χ0n) is 13.0. The van der Waals surface area contributed by atoms with Gasteiger partial charge in [-0.2, -0.15) is 4.98 Å². The van der Waals surface area contributed by atoms with Gasteiger partial charge in [-0.1, -0.05) is 47.1 Å². The number of hydrogen-bond donors (Lipinski definition) is 1. The summed E-state index contributed by atoms with van der Waals surface area (Å²) in [5.74, 6) is 1.50. The molecule has 2 rings (SSSR count). The number of aryl methyl sites for hydroxylation is 1. The second-order valence-electron chi connectivity index (χ2n) is 5.45. The molecule has 0 saturated carbocycles. The number of nitrogens with zero attached hydrogens (tertiary/aromatic N) is 2. The Kier molecular flexibility index (Phi) is 5.53. The molecule has 0 fully saturated rings. The molecule has 0 aliphatic carbocycles. The van der Waals surface area contributed by atoms with Crippen LogP contribution in [-0.4, -0.2) is 22.7 Å². The molecule has 2 aromatic rings. The van der Waals surface area contributed by atoms with Crippen molar-refractivity contribution in [2.24, 2.45) is 0 Å². The van der Waals surface area contributed by atoms with Gasteiger partial charge in [-0.05, 0) is 38.4 Å². The fourth-order valence-corrected chi connectivity index (χ4v) is 2.41. The molecule has 0 radical (unpaired) electrons. The fourth-order valence-electron chi connectivity index (χ4n) is 2.03. The van der Waals surface area contributed by atoms with Crippen molar-refractivity contribution in [3.63, 3.8) is 0 Å². The Bertz CT molecular complexity index is 597. The highest BCUT2D eigenvalue weighted by Gasteiger charge is 2.20. The van der Waals surface area contributed by atoms with Gasteiger partial charge < -0.3 is 9.84 Å². The van der Waals surface area contributed by atoms with Gasteiger partial charge in [-0.3, -0.25) is 0 Å². The molecule has 0 aliphatic heterocycles.